The van der Waals surface area contributed by atoms with Crippen molar-refractivity contribution in [3.63, 3.8) is 0 Å². The van der Waals surface area contributed by atoms with E-state index in [1.54, 1.807) is 6.92 Å². The first-order valence-corrected chi connectivity index (χ1v) is 7.75. The molecule has 23 heavy (non-hydrogen) atoms. The molecular weight excluding hydrogens is 299 g/mol. The molecule has 1 saturated heterocycles. The van der Waals surface area contributed by atoms with Crippen molar-refractivity contribution in [3.8, 4) is 11.8 Å². The van der Waals surface area contributed by atoms with Crippen molar-refractivity contribution < 1.29 is 23.8 Å². The van der Waals surface area contributed by atoms with Crippen LogP contribution < -0.4 is 0 Å². The normalized spacial score (nSPS) is 21.7. The van der Waals surface area contributed by atoms with Gasteiger partial charge in [0, 0.05) is 18.4 Å². The zero-order valence-corrected chi connectivity index (χ0v) is 13.0. The SMILES string of the molecule is Cc1ccc(C(=O)C#CC2(O)CCC3(CC2)OCCO3)cc1F. The van der Waals surface area contributed by atoms with Gasteiger partial charge in [0.25, 0.3) is 0 Å². The van der Waals surface area contributed by atoms with Gasteiger partial charge in [0.15, 0.2) is 5.79 Å². The van der Waals surface area contributed by atoms with Crippen LogP contribution in [0.25, 0.3) is 0 Å². The first-order chi connectivity index (χ1) is 10.9. The number of carbonyl (C=O) groups excluding carboxylic acids is 1. The number of rotatable bonds is 1. The van der Waals surface area contributed by atoms with Gasteiger partial charge in [-0.2, -0.15) is 0 Å². The average Bonchev–Trinajstić information content (AvgIpc) is 3.00. The molecule has 1 aromatic carbocycles. The first kappa shape index (κ1) is 16.1. The Morgan fingerprint density at radius 3 is 2.48 bits per heavy atom. The third kappa shape index (κ3) is 3.45. The lowest BCUT2D eigenvalue weighted by molar-refractivity contribution is -0.195. The molecule has 0 unspecified atom stereocenters. The summed E-state index contributed by atoms with van der Waals surface area (Å²) in [6.07, 6.45) is 1.86. The summed E-state index contributed by atoms with van der Waals surface area (Å²) in [6, 6.07) is 4.25. The van der Waals surface area contributed by atoms with E-state index in [-0.39, 0.29) is 5.56 Å². The molecule has 1 heterocycles. The van der Waals surface area contributed by atoms with E-state index in [2.05, 4.69) is 11.8 Å². The van der Waals surface area contributed by atoms with Crippen molar-refractivity contribution in [1.82, 2.24) is 0 Å². The maximum absolute atomic E-state index is 13.5. The van der Waals surface area contributed by atoms with Crippen LogP contribution in [-0.4, -0.2) is 35.5 Å². The lowest BCUT2D eigenvalue weighted by Gasteiger charge is -2.37. The summed E-state index contributed by atoms with van der Waals surface area (Å²) < 4.78 is 24.7. The third-order valence-corrected chi connectivity index (χ3v) is 4.50. The highest BCUT2D eigenvalue weighted by molar-refractivity contribution is 6.09. The first-order valence-electron chi connectivity index (χ1n) is 7.75. The molecule has 122 valence electrons. The molecule has 0 radical (unpaired) electrons. The van der Waals surface area contributed by atoms with Gasteiger partial charge in [-0.15, -0.1) is 0 Å². The van der Waals surface area contributed by atoms with Crippen LogP contribution in [0.15, 0.2) is 18.2 Å². The summed E-state index contributed by atoms with van der Waals surface area (Å²) in [4.78, 5) is 12.0. The van der Waals surface area contributed by atoms with E-state index in [4.69, 9.17) is 9.47 Å². The lowest BCUT2D eigenvalue weighted by Crippen LogP contribution is -2.42. The van der Waals surface area contributed by atoms with E-state index in [1.807, 2.05) is 0 Å². The van der Waals surface area contributed by atoms with Crippen molar-refractivity contribution in [2.45, 2.75) is 44.0 Å². The fraction of sp³-hybridized carbons (Fsp3) is 0.500. The molecular formula is C18H19FO4. The maximum Gasteiger partial charge on any atom is 0.236 e. The van der Waals surface area contributed by atoms with Crippen LogP contribution in [0.4, 0.5) is 4.39 Å². The number of hydrogen-bond donors (Lipinski definition) is 1. The standard InChI is InChI=1S/C18H19FO4/c1-13-2-3-14(12-15(13)19)16(20)4-5-17(21)6-8-18(9-7-17)22-10-11-23-18/h2-3,12,21H,6-11H2,1H3. The van der Waals surface area contributed by atoms with Crippen molar-refractivity contribution >= 4 is 5.78 Å². The molecule has 0 atom stereocenters. The number of benzene rings is 1. The fourth-order valence-corrected chi connectivity index (χ4v) is 2.93. The number of carbonyl (C=O) groups is 1. The van der Waals surface area contributed by atoms with E-state index in [9.17, 15) is 14.3 Å². The number of ether oxygens (including phenoxy) is 2. The molecule has 1 saturated carbocycles. The van der Waals surface area contributed by atoms with Crippen LogP contribution in [0.1, 0.15) is 41.6 Å². The van der Waals surface area contributed by atoms with Crippen LogP contribution in [0, 0.1) is 24.6 Å². The summed E-state index contributed by atoms with van der Waals surface area (Å²) in [7, 11) is 0. The minimum Gasteiger partial charge on any atom is -0.378 e. The minimum absolute atomic E-state index is 0.193. The van der Waals surface area contributed by atoms with Crippen LogP contribution in [0.5, 0.6) is 0 Å². The van der Waals surface area contributed by atoms with E-state index >= 15 is 0 Å². The van der Waals surface area contributed by atoms with Gasteiger partial charge >= 0.3 is 0 Å². The lowest BCUT2D eigenvalue weighted by atomic mass is 9.81. The van der Waals surface area contributed by atoms with Gasteiger partial charge in [-0.25, -0.2) is 4.39 Å². The topological polar surface area (TPSA) is 55.8 Å². The summed E-state index contributed by atoms with van der Waals surface area (Å²) in [5.41, 5.74) is -0.555. The van der Waals surface area contributed by atoms with E-state index in [0.29, 0.717) is 44.5 Å². The molecule has 1 aliphatic heterocycles. The van der Waals surface area contributed by atoms with Crippen molar-refractivity contribution in [2.24, 2.45) is 0 Å². The molecule has 2 fully saturated rings. The van der Waals surface area contributed by atoms with Gasteiger partial charge in [0.1, 0.15) is 11.4 Å². The zero-order chi connectivity index (χ0) is 16.5. The predicted octanol–water partition coefficient (Wildman–Crippen LogP) is 2.37. The quantitative estimate of drug-likeness (QED) is 0.491. The summed E-state index contributed by atoms with van der Waals surface area (Å²) >= 11 is 0. The maximum atomic E-state index is 13.5. The Labute approximate surface area is 134 Å². The van der Waals surface area contributed by atoms with Crippen molar-refractivity contribution in [3.05, 3.63) is 35.1 Å². The molecule has 1 N–H and O–H groups in total. The molecule has 4 nitrogen and oxygen atoms in total. The number of hydrogen-bond acceptors (Lipinski definition) is 4. The van der Waals surface area contributed by atoms with Crippen LogP contribution in [0.3, 0.4) is 0 Å². The van der Waals surface area contributed by atoms with Gasteiger partial charge in [-0.1, -0.05) is 12.0 Å². The molecule has 1 aromatic rings. The second kappa shape index (κ2) is 6.04. The van der Waals surface area contributed by atoms with Crippen molar-refractivity contribution in [2.75, 3.05) is 13.2 Å². The number of Topliss-reactive ketones (excluding diaryl/α,β-unsaturated/α-hetero) is 1. The zero-order valence-electron chi connectivity index (χ0n) is 13.0. The number of halogens is 1. The van der Waals surface area contributed by atoms with Crippen molar-refractivity contribution in [1.29, 1.82) is 0 Å². The Morgan fingerprint density at radius 2 is 1.87 bits per heavy atom. The predicted molar refractivity (Wildman–Crippen MR) is 81.3 cm³/mol. The molecule has 1 aliphatic carbocycles. The second-order valence-electron chi connectivity index (χ2n) is 6.18. The molecule has 2 aliphatic rings. The number of aryl methyl sites for hydroxylation is 1. The van der Waals surface area contributed by atoms with Crippen LogP contribution in [0.2, 0.25) is 0 Å². The Morgan fingerprint density at radius 1 is 1.22 bits per heavy atom. The van der Waals surface area contributed by atoms with Gasteiger partial charge in [0.05, 0.1) is 13.2 Å². The van der Waals surface area contributed by atoms with Crippen LogP contribution in [-0.2, 0) is 9.47 Å². The van der Waals surface area contributed by atoms with Gasteiger partial charge in [0.2, 0.25) is 5.78 Å². The summed E-state index contributed by atoms with van der Waals surface area (Å²) in [5, 5.41) is 10.5. The summed E-state index contributed by atoms with van der Waals surface area (Å²) in [5.74, 6) is 3.59. The molecule has 0 bridgehead atoms. The van der Waals surface area contributed by atoms with Gasteiger partial charge in [-0.3, -0.25) is 4.79 Å². The number of aliphatic hydroxyl groups is 1. The smallest absolute Gasteiger partial charge is 0.236 e. The summed E-state index contributed by atoms with van der Waals surface area (Å²) in [6.45, 7) is 2.77. The Bertz CT molecular complexity index is 670. The second-order valence-corrected chi connectivity index (χ2v) is 6.18. The van der Waals surface area contributed by atoms with E-state index in [0.717, 1.165) is 0 Å². The monoisotopic (exact) mass is 318 g/mol. The molecule has 0 amide bonds. The largest absolute Gasteiger partial charge is 0.378 e. The van der Waals surface area contributed by atoms with Gasteiger partial charge < -0.3 is 14.6 Å². The van der Waals surface area contributed by atoms with E-state index in [1.165, 1.54) is 18.2 Å². The Kier molecular flexibility index (Phi) is 4.24. The highest BCUT2D eigenvalue weighted by Crippen LogP contribution is 2.39. The fourth-order valence-electron chi connectivity index (χ4n) is 2.93. The average molecular weight is 318 g/mol. The molecule has 3 rings (SSSR count). The van der Waals surface area contributed by atoms with Gasteiger partial charge in [-0.05, 0) is 43.4 Å². The van der Waals surface area contributed by atoms with E-state index < -0.39 is 23.0 Å². The molecule has 5 heteroatoms. The third-order valence-electron chi connectivity index (χ3n) is 4.50. The highest BCUT2D eigenvalue weighted by atomic mass is 19.1. The minimum atomic E-state index is -1.22. The number of ketones is 1. The van der Waals surface area contributed by atoms with Crippen LogP contribution >= 0.6 is 0 Å². The molecule has 1 spiro atoms. The Hall–Kier alpha value is -1.74. The highest BCUT2D eigenvalue weighted by Gasteiger charge is 2.45. The molecule has 0 aromatic heterocycles. The Balaban J connectivity index is 1.68.